The number of hydrogen-bond acceptors (Lipinski definition) is 7. The van der Waals surface area contributed by atoms with Gasteiger partial charge in [0.2, 0.25) is 6.29 Å². The second kappa shape index (κ2) is 8.53. The number of nitrogens with zero attached hydrogens (tertiary/aromatic N) is 2. The number of ether oxygens (including phenoxy) is 1. The van der Waals surface area contributed by atoms with Gasteiger partial charge in [-0.15, -0.1) is 0 Å². The SMILES string of the molecule is CCC(O)N(CCO)CC(O)Oc1ccc([N+](=O)[O-])cc1. The molecule has 0 spiro atoms. The lowest BCUT2D eigenvalue weighted by Gasteiger charge is -2.28. The van der Waals surface area contributed by atoms with Crippen molar-refractivity contribution in [2.24, 2.45) is 0 Å². The van der Waals surface area contributed by atoms with Crippen molar-refractivity contribution >= 4 is 5.69 Å². The van der Waals surface area contributed by atoms with E-state index in [2.05, 4.69) is 0 Å². The monoisotopic (exact) mass is 300 g/mol. The summed E-state index contributed by atoms with van der Waals surface area (Å²) >= 11 is 0. The summed E-state index contributed by atoms with van der Waals surface area (Å²) in [6, 6.07) is 5.31. The second-order valence-electron chi connectivity index (χ2n) is 4.43. The van der Waals surface area contributed by atoms with Gasteiger partial charge in [-0.1, -0.05) is 6.92 Å². The fraction of sp³-hybridized carbons (Fsp3) is 0.538. The van der Waals surface area contributed by atoms with Gasteiger partial charge in [0, 0.05) is 18.7 Å². The Balaban J connectivity index is 2.58. The maximum Gasteiger partial charge on any atom is 0.269 e. The number of aliphatic hydroxyl groups is 3. The molecule has 118 valence electrons. The minimum absolute atomic E-state index is 0.00650. The van der Waals surface area contributed by atoms with Crippen molar-refractivity contribution in [2.45, 2.75) is 25.9 Å². The van der Waals surface area contributed by atoms with Gasteiger partial charge in [0.15, 0.2) is 0 Å². The molecule has 0 saturated carbocycles. The van der Waals surface area contributed by atoms with Crippen molar-refractivity contribution in [1.29, 1.82) is 0 Å². The van der Waals surface area contributed by atoms with Crippen molar-refractivity contribution in [2.75, 3.05) is 19.7 Å². The number of nitro benzene ring substituents is 1. The molecule has 8 nitrogen and oxygen atoms in total. The van der Waals surface area contributed by atoms with Crippen LogP contribution in [-0.2, 0) is 0 Å². The smallest absolute Gasteiger partial charge is 0.269 e. The molecule has 1 aromatic carbocycles. The third-order valence-corrected chi connectivity index (χ3v) is 2.88. The summed E-state index contributed by atoms with van der Waals surface area (Å²) in [5, 5.41) is 39.0. The van der Waals surface area contributed by atoms with E-state index in [0.29, 0.717) is 6.42 Å². The fourth-order valence-corrected chi connectivity index (χ4v) is 1.79. The summed E-state index contributed by atoms with van der Waals surface area (Å²) in [7, 11) is 0. The maximum atomic E-state index is 10.5. The molecule has 21 heavy (non-hydrogen) atoms. The van der Waals surface area contributed by atoms with Crippen LogP contribution in [-0.4, -0.2) is 57.4 Å². The Morgan fingerprint density at radius 2 is 1.95 bits per heavy atom. The van der Waals surface area contributed by atoms with Gasteiger partial charge in [-0.05, 0) is 18.6 Å². The van der Waals surface area contributed by atoms with Gasteiger partial charge >= 0.3 is 0 Å². The molecule has 8 heteroatoms. The van der Waals surface area contributed by atoms with Crippen LogP contribution in [0.4, 0.5) is 5.69 Å². The number of rotatable bonds is 9. The number of benzene rings is 1. The zero-order valence-electron chi connectivity index (χ0n) is 11.8. The van der Waals surface area contributed by atoms with Gasteiger partial charge in [-0.3, -0.25) is 15.0 Å². The Kier molecular flexibility index (Phi) is 7.03. The molecule has 0 aliphatic heterocycles. The minimum Gasteiger partial charge on any atom is -0.464 e. The molecule has 0 heterocycles. The van der Waals surface area contributed by atoms with E-state index < -0.39 is 17.4 Å². The Labute approximate surface area is 122 Å². The molecule has 0 aliphatic carbocycles. The highest BCUT2D eigenvalue weighted by Gasteiger charge is 2.18. The van der Waals surface area contributed by atoms with Crippen molar-refractivity contribution in [1.82, 2.24) is 4.90 Å². The maximum absolute atomic E-state index is 10.5. The van der Waals surface area contributed by atoms with Crippen LogP contribution >= 0.6 is 0 Å². The predicted molar refractivity (Wildman–Crippen MR) is 74.7 cm³/mol. The van der Waals surface area contributed by atoms with E-state index in [1.54, 1.807) is 6.92 Å². The highest BCUT2D eigenvalue weighted by Crippen LogP contribution is 2.18. The Morgan fingerprint density at radius 3 is 2.43 bits per heavy atom. The Bertz CT molecular complexity index is 439. The molecule has 0 saturated heterocycles. The molecule has 0 aromatic heterocycles. The van der Waals surface area contributed by atoms with E-state index in [4.69, 9.17) is 9.84 Å². The largest absolute Gasteiger partial charge is 0.464 e. The van der Waals surface area contributed by atoms with Gasteiger partial charge < -0.3 is 20.1 Å². The lowest BCUT2D eigenvalue weighted by molar-refractivity contribution is -0.384. The van der Waals surface area contributed by atoms with Crippen LogP contribution in [0.1, 0.15) is 13.3 Å². The van der Waals surface area contributed by atoms with E-state index in [-0.39, 0.29) is 31.1 Å². The summed E-state index contributed by atoms with van der Waals surface area (Å²) in [4.78, 5) is 11.5. The number of nitro groups is 1. The second-order valence-corrected chi connectivity index (χ2v) is 4.43. The van der Waals surface area contributed by atoms with Crippen LogP contribution in [0.5, 0.6) is 5.75 Å². The van der Waals surface area contributed by atoms with Gasteiger partial charge in [0.05, 0.1) is 18.1 Å². The van der Waals surface area contributed by atoms with E-state index in [1.165, 1.54) is 29.2 Å². The Morgan fingerprint density at radius 1 is 1.33 bits per heavy atom. The molecule has 1 aromatic rings. The van der Waals surface area contributed by atoms with Crippen LogP contribution in [0, 0.1) is 10.1 Å². The topological polar surface area (TPSA) is 116 Å². The molecule has 2 unspecified atom stereocenters. The fourth-order valence-electron chi connectivity index (χ4n) is 1.79. The molecule has 0 aliphatic rings. The average molecular weight is 300 g/mol. The van der Waals surface area contributed by atoms with Crippen molar-refractivity contribution in [3.63, 3.8) is 0 Å². The summed E-state index contributed by atoms with van der Waals surface area (Å²) in [6.45, 7) is 1.84. The first kappa shape index (κ1) is 17.3. The molecular weight excluding hydrogens is 280 g/mol. The summed E-state index contributed by atoms with van der Waals surface area (Å²) < 4.78 is 5.22. The number of non-ortho nitro benzene ring substituents is 1. The molecule has 1 rings (SSSR count). The first-order valence-corrected chi connectivity index (χ1v) is 6.60. The zero-order chi connectivity index (χ0) is 15.8. The summed E-state index contributed by atoms with van der Waals surface area (Å²) in [6.07, 6.45) is -1.56. The van der Waals surface area contributed by atoms with E-state index in [9.17, 15) is 20.3 Å². The zero-order valence-corrected chi connectivity index (χ0v) is 11.8. The average Bonchev–Trinajstić information content (AvgIpc) is 2.46. The first-order chi connectivity index (χ1) is 9.97. The van der Waals surface area contributed by atoms with E-state index in [0.717, 1.165) is 0 Å². The number of hydrogen-bond donors (Lipinski definition) is 3. The van der Waals surface area contributed by atoms with Crippen LogP contribution < -0.4 is 4.74 Å². The third kappa shape index (κ3) is 5.64. The van der Waals surface area contributed by atoms with Gasteiger partial charge in [0.25, 0.3) is 5.69 Å². The van der Waals surface area contributed by atoms with Gasteiger partial charge in [-0.25, -0.2) is 0 Å². The quantitative estimate of drug-likeness (QED) is 0.341. The summed E-state index contributed by atoms with van der Waals surface area (Å²) in [5.41, 5.74) is -0.0693. The normalized spacial score (nSPS) is 14.0. The van der Waals surface area contributed by atoms with Crippen molar-refractivity contribution in [3.8, 4) is 5.75 Å². The van der Waals surface area contributed by atoms with Crippen molar-refractivity contribution in [3.05, 3.63) is 34.4 Å². The molecule has 0 fully saturated rings. The van der Waals surface area contributed by atoms with Crippen LogP contribution in [0.3, 0.4) is 0 Å². The molecule has 0 radical (unpaired) electrons. The highest BCUT2D eigenvalue weighted by atomic mass is 16.6. The highest BCUT2D eigenvalue weighted by molar-refractivity contribution is 5.35. The predicted octanol–water partition coefficient (Wildman–Crippen LogP) is 0.315. The minimum atomic E-state index is -1.22. The molecule has 0 amide bonds. The molecule has 2 atom stereocenters. The molecule has 0 bridgehead atoms. The van der Waals surface area contributed by atoms with Crippen LogP contribution in [0.15, 0.2) is 24.3 Å². The van der Waals surface area contributed by atoms with Gasteiger partial charge in [0.1, 0.15) is 12.0 Å². The third-order valence-electron chi connectivity index (χ3n) is 2.88. The lowest BCUT2D eigenvalue weighted by Crippen LogP contribution is -2.43. The van der Waals surface area contributed by atoms with Crippen LogP contribution in [0.25, 0.3) is 0 Å². The molecular formula is C13H20N2O6. The lowest BCUT2D eigenvalue weighted by atomic mass is 10.3. The standard InChI is InChI=1S/C13H20N2O6/c1-2-12(17)14(7-8-16)9-13(18)21-11-5-3-10(4-6-11)15(19)20/h3-6,12-13,16-18H,2,7-9H2,1H3. The van der Waals surface area contributed by atoms with E-state index >= 15 is 0 Å². The Hall–Kier alpha value is -1.74. The molecule has 3 N–H and O–H groups in total. The van der Waals surface area contributed by atoms with Gasteiger partial charge in [-0.2, -0.15) is 0 Å². The first-order valence-electron chi connectivity index (χ1n) is 6.60. The van der Waals surface area contributed by atoms with Crippen molar-refractivity contribution < 1.29 is 25.0 Å². The van der Waals surface area contributed by atoms with Crippen LogP contribution in [0.2, 0.25) is 0 Å². The van der Waals surface area contributed by atoms with E-state index in [1.807, 2.05) is 0 Å². The number of aliphatic hydroxyl groups excluding tert-OH is 3. The summed E-state index contributed by atoms with van der Waals surface area (Å²) in [5.74, 6) is 0.281.